The van der Waals surface area contributed by atoms with Crippen molar-refractivity contribution in [1.82, 2.24) is 0 Å². The Balaban J connectivity index is 2.34. The van der Waals surface area contributed by atoms with Crippen molar-refractivity contribution < 1.29 is 0 Å². The van der Waals surface area contributed by atoms with Gasteiger partial charge < -0.3 is 10.6 Å². The zero-order valence-electron chi connectivity index (χ0n) is 15.7. The van der Waals surface area contributed by atoms with Gasteiger partial charge in [-0.1, -0.05) is 70.0 Å². The topological polar surface area (TPSA) is 36.4 Å². The Bertz CT molecular complexity index is 737. The Kier molecular flexibility index (Phi) is 6.65. The number of anilines is 2. The molecule has 0 saturated carbocycles. The van der Waals surface area contributed by atoms with Crippen molar-refractivity contribution in [3.05, 3.63) is 59.7 Å². The molecule has 2 aromatic carbocycles. The lowest BCUT2D eigenvalue weighted by atomic mass is 10.0. The second-order valence-electron chi connectivity index (χ2n) is 6.56. The molecule has 0 fully saturated rings. The fourth-order valence-corrected chi connectivity index (χ4v) is 2.68. The number of aliphatic imine (C=N–C) groups is 1. The largest absolute Gasteiger partial charge is 0.325 e. The first kappa shape index (κ1) is 18.6. The monoisotopic (exact) mass is 333 g/mol. The van der Waals surface area contributed by atoms with Crippen LogP contribution < -0.4 is 10.6 Å². The van der Waals surface area contributed by atoms with E-state index in [9.17, 15) is 0 Å². The standard InChI is InChI=1S/C22H27N3/c1-6-15-23-22(24-20-13-9-7-11-18(20)16(2)3)25-21-14-10-8-12-19(21)17(4)5/h7-14,16-17H,1-5H3,(H2,23,24,25). The number of nitrogens with one attached hydrogen (secondary N) is 2. The van der Waals surface area contributed by atoms with Crippen LogP contribution in [-0.2, 0) is 0 Å². The Hall–Kier alpha value is -2.73. The maximum Gasteiger partial charge on any atom is 0.214 e. The predicted molar refractivity (Wildman–Crippen MR) is 109 cm³/mol. The van der Waals surface area contributed by atoms with E-state index in [1.165, 1.54) is 11.1 Å². The quantitative estimate of drug-likeness (QED) is 0.422. The number of hydrogen-bond donors (Lipinski definition) is 2. The molecule has 0 atom stereocenters. The van der Waals surface area contributed by atoms with E-state index in [-0.39, 0.29) is 0 Å². The number of rotatable bonds is 4. The Morgan fingerprint density at radius 3 is 1.64 bits per heavy atom. The normalized spacial score (nSPS) is 10.2. The second kappa shape index (κ2) is 8.94. The molecule has 0 aromatic heterocycles. The van der Waals surface area contributed by atoms with Gasteiger partial charge in [-0.25, -0.2) is 0 Å². The fourth-order valence-electron chi connectivity index (χ4n) is 2.68. The van der Waals surface area contributed by atoms with Gasteiger partial charge in [0.15, 0.2) is 0 Å². The van der Waals surface area contributed by atoms with Crippen LogP contribution in [0.5, 0.6) is 0 Å². The lowest BCUT2D eigenvalue weighted by Crippen LogP contribution is -2.23. The van der Waals surface area contributed by atoms with Crippen LogP contribution in [0.2, 0.25) is 0 Å². The molecule has 0 heterocycles. The summed E-state index contributed by atoms with van der Waals surface area (Å²) in [7, 11) is 0. The second-order valence-corrected chi connectivity index (χ2v) is 6.56. The highest BCUT2D eigenvalue weighted by Gasteiger charge is 2.11. The molecule has 0 aliphatic rings. The smallest absolute Gasteiger partial charge is 0.214 e. The predicted octanol–water partition coefficient (Wildman–Crippen LogP) is 5.79. The summed E-state index contributed by atoms with van der Waals surface area (Å²) in [6.45, 7) is 10.5. The fraction of sp³-hybridized carbons (Fsp3) is 0.318. The van der Waals surface area contributed by atoms with Crippen LogP contribution in [-0.4, -0.2) is 5.96 Å². The van der Waals surface area contributed by atoms with Gasteiger partial charge in [0.05, 0.1) is 0 Å². The third-order valence-corrected chi connectivity index (χ3v) is 3.95. The molecular formula is C22H27N3. The first-order chi connectivity index (χ1) is 12.0. The van der Waals surface area contributed by atoms with Crippen molar-refractivity contribution in [2.24, 2.45) is 4.99 Å². The van der Waals surface area contributed by atoms with Gasteiger partial charge in [-0.3, -0.25) is 0 Å². The summed E-state index contributed by atoms with van der Waals surface area (Å²) < 4.78 is 0. The van der Waals surface area contributed by atoms with Gasteiger partial charge in [0.25, 0.3) is 0 Å². The van der Waals surface area contributed by atoms with E-state index < -0.39 is 0 Å². The summed E-state index contributed by atoms with van der Waals surface area (Å²) in [5, 5.41) is 6.83. The van der Waals surface area contributed by atoms with E-state index in [0.29, 0.717) is 17.8 Å². The van der Waals surface area contributed by atoms with E-state index in [0.717, 1.165) is 11.4 Å². The van der Waals surface area contributed by atoms with Crippen LogP contribution >= 0.6 is 0 Å². The van der Waals surface area contributed by atoms with Crippen LogP contribution in [0.15, 0.2) is 53.5 Å². The van der Waals surface area contributed by atoms with E-state index in [1.807, 2.05) is 12.1 Å². The van der Waals surface area contributed by atoms with Crippen LogP contribution in [0.25, 0.3) is 0 Å². The molecular weight excluding hydrogens is 306 g/mol. The molecule has 2 aromatic rings. The van der Waals surface area contributed by atoms with Gasteiger partial charge in [0.1, 0.15) is 0 Å². The van der Waals surface area contributed by atoms with Crippen LogP contribution in [0.3, 0.4) is 0 Å². The summed E-state index contributed by atoms with van der Waals surface area (Å²) in [4.78, 5) is 4.37. The molecule has 2 N–H and O–H groups in total. The van der Waals surface area contributed by atoms with Gasteiger partial charge in [-0.2, -0.15) is 4.99 Å². The summed E-state index contributed by atoms with van der Waals surface area (Å²) in [5.74, 6) is 4.30. The molecule has 130 valence electrons. The first-order valence-electron chi connectivity index (χ1n) is 8.74. The van der Waals surface area contributed by atoms with Gasteiger partial charge in [-0.15, -0.1) is 0 Å². The van der Waals surface area contributed by atoms with E-state index >= 15 is 0 Å². The van der Waals surface area contributed by atoms with Gasteiger partial charge >= 0.3 is 0 Å². The molecule has 0 bridgehead atoms. The zero-order chi connectivity index (χ0) is 18.2. The van der Waals surface area contributed by atoms with Crippen LogP contribution in [0, 0.1) is 12.0 Å². The maximum absolute atomic E-state index is 4.37. The number of para-hydroxylation sites is 2. The average Bonchev–Trinajstić information content (AvgIpc) is 2.60. The van der Waals surface area contributed by atoms with Crippen molar-refractivity contribution in [1.29, 1.82) is 0 Å². The van der Waals surface area contributed by atoms with E-state index in [2.05, 4.69) is 91.7 Å². The number of guanidine groups is 1. The Morgan fingerprint density at radius 2 is 1.24 bits per heavy atom. The van der Waals surface area contributed by atoms with Gasteiger partial charge in [0, 0.05) is 17.4 Å². The number of nitrogens with zero attached hydrogens (tertiary/aromatic N) is 1. The minimum Gasteiger partial charge on any atom is -0.325 e. The SMILES string of the molecule is CC#CN=C(Nc1ccccc1C(C)C)Nc1ccccc1C(C)C. The van der Waals surface area contributed by atoms with Crippen molar-refractivity contribution in [3.8, 4) is 12.0 Å². The highest BCUT2D eigenvalue weighted by atomic mass is 15.2. The Morgan fingerprint density at radius 1 is 0.800 bits per heavy atom. The van der Waals surface area contributed by atoms with Crippen molar-refractivity contribution in [3.63, 3.8) is 0 Å². The highest BCUT2D eigenvalue weighted by molar-refractivity contribution is 6.05. The van der Waals surface area contributed by atoms with Crippen LogP contribution in [0.1, 0.15) is 57.6 Å². The molecule has 0 aliphatic heterocycles. The highest BCUT2D eigenvalue weighted by Crippen LogP contribution is 2.26. The molecule has 0 radical (unpaired) electrons. The first-order valence-corrected chi connectivity index (χ1v) is 8.74. The molecule has 0 aliphatic carbocycles. The van der Waals surface area contributed by atoms with Gasteiger partial charge in [0.2, 0.25) is 5.96 Å². The maximum atomic E-state index is 4.37. The molecule has 2 rings (SSSR count). The molecule has 0 amide bonds. The summed E-state index contributed by atoms with van der Waals surface area (Å²) in [5.41, 5.74) is 4.59. The third-order valence-electron chi connectivity index (χ3n) is 3.95. The Labute approximate surface area is 151 Å². The number of hydrogen-bond acceptors (Lipinski definition) is 1. The lowest BCUT2D eigenvalue weighted by molar-refractivity contribution is 0.868. The van der Waals surface area contributed by atoms with E-state index in [1.54, 1.807) is 6.92 Å². The average molecular weight is 333 g/mol. The minimum atomic E-state index is 0.421. The third kappa shape index (κ3) is 5.12. The summed E-state index contributed by atoms with van der Waals surface area (Å²) in [6, 6.07) is 19.4. The number of benzene rings is 2. The molecule has 0 saturated heterocycles. The lowest BCUT2D eigenvalue weighted by Gasteiger charge is -2.19. The molecule has 0 unspecified atom stereocenters. The molecule has 0 spiro atoms. The van der Waals surface area contributed by atoms with Crippen molar-refractivity contribution in [2.45, 2.75) is 46.5 Å². The van der Waals surface area contributed by atoms with Crippen LogP contribution in [0.4, 0.5) is 11.4 Å². The molecule has 3 nitrogen and oxygen atoms in total. The summed E-state index contributed by atoms with van der Waals surface area (Å²) >= 11 is 0. The molecule has 3 heteroatoms. The summed E-state index contributed by atoms with van der Waals surface area (Å²) in [6.07, 6.45) is 0. The molecule has 25 heavy (non-hydrogen) atoms. The van der Waals surface area contributed by atoms with E-state index in [4.69, 9.17) is 0 Å². The minimum absolute atomic E-state index is 0.421. The zero-order valence-corrected chi connectivity index (χ0v) is 15.7. The van der Waals surface area contributed by atoms with Crippen molar-refractivity contribution in [2.75, 3.05) is 10.6 Å². The van der Waals surface area contributed by atoms with Crippen molar-refractivity contribution >= 4 is 17.3 Å². The van der Waals surface area contributed by atoms with Gasteiger partial charge in [-0.05, 0) is 42.0 Å².